The number of aryl methyl sites for hydroxylation is 1. The van der Waals surface area contributed by atoms with E-state index in [-0.39, 0.29) is 30.3 Å². The van der Waals surface area contributed by atoms with Crippen molar-refractivity contribution in [3.05, 3.63) is 23.8 Å². The van der Waals surface area contributed by atoms with Crippen LogP contribution in [-0.2, 0) is 14.3 Å². The van der Waals surface area contributed by atoms with Gasteiger partial charge in [0, 0.05) is 18.7 Å². The number of aromatic nitrogens is 2. The van der Waals surface area contributed by atoms with Crippen molar-refractivity contribution in [2.75, 3.05) is 19.8 Å². The first-order valence-electron chi connectivity index (χ1n) is 8.78. The van der Waals surface area contributed by atoms with Crippen LogP contribution >= 0.6 is 0 Å². The van der Waals surface area contributed by atoms with E-state index in [1.165, 1.54) is 6.33 Å². The highest BCUT2D eigenvalue weighted by atomic mass is 16.6. The molecule has 2 heterocycles. The third-order valence-electron chi connectivity index (χ3n) is 4.03. The summed E-state index contributed by atoms with van der Waals surface area (Å²) in [7, 11) is 0. The van der Waals surface area contributed by atoms with Crippen LogP contribution in [0.4, 0.5) is 0 Å². The fourth-order valence-electron chi connectivity index (χ4n) is 2.89. The molecular weight excluding hydrogens is 322 g/mol. The second-order valence-corrected chi connectivity index (χ2v) is 6.93. The van der Waals surface area contributed by atoms with E-state index in [9.17, 15) is 9.59 Å². The van der Waals surface area contributed by atoms with E-state index in [1.54, 1.807) is 6.07 Å². The van der Waals surface area contributed by atoms with Crippen molar-refractivity contribution in [2.45, 2.75) is 46.1 Å². The predicted molar refractivity (Wildman–Crippen MR) is 92.0 cm³/mol. The van der Waals surface area contributed by atoms with Crippen LogP contribution in [0.3, 0.4) is 0 Å². The van der Waals surface area contributed by atoms with Gasteiger partial charge in [-0.25, -0.2) is 9.97 Å². The molecule has 25 heavy (non-hydrogen) atoms. The fraction of sp³-hybridized carbons (Fsp3) is 0.667. The number of carbonyl (C=O) groups excluding carboxylic acids is 2. The number of ether oxygens (including phenoxy) is 2. The van der Waals surface area contributed by atoms with E-state index in [4.69, 9.17) is 9.47 Å². The van der Waals surface area contributed by atoms with Crippen molar-refractivity contribution in [1.29, 1.82) is 0 Å². The molecule has 2 rings (SSSR count). The van der Waals surface area contributed by atoms with E-state index >= 15 is 0 Å². The molecule has 0 aliphatic carbocycles. The predicted octanol–water partition coefficient (Wildman–Crippen LogP) is 1.90. The second-order valence-electron chi connectivity index (χ2n) is 6.93. The molecule has 1 saturated heterocycles. The molecular formula is C18H27N3O4. The standard InChI is InChI=1S/C18H27N3O4/c1-12(2)6-14(8-17(22)25-15-4-5-24-10-15)9-19-18(23)16-7-13(3)20-11-21-16/h7,11-12,14-15H,4-6,8-10H2,1-3H3,(H,19,23)/t14-,15?/m0/s1. The van der Waals surface area contributed by atoms with Gasteiger partial charge in [-0.15, -0.1) is 0 Å². The number of hydrogen-bond donors (Lipinski definition) is 1. The van der Waals surface area contributed by atoms with Crippen molar-refractivity contribution in [3.8, 4) is 0 Å². The number of amides is 1. The lowest BCUT2D eigenvalue weighted by Crippen LogP contribution is -2.32. The van der Waals surface area contributed by atoms with Crippen LogP contribution in [-0.4, -0.2) is 47.7 Å². The Balaban J connectivity index is 1.86. The van der Waals surface area contributed by atoms with Gasteiger partial charge in [-0.1, -0.05) is 13.8 Å². The van der Waals surface area contributed by atoms with Crippen LogP contribution in [0.15, 0.2) is 12.4 Å². The normalized spacial score (nSPS) is 18.2. The van der Waals surface area contributed by atoms with Crippen LogP contribution in [0.2, 0.25) is 0 Å². The van der Waals surface area contributed by atoms with Gasteiger partial charge in [-0.05, 0) is 31.2 Å². The molecule has 1 aliphatic rings. The lowest BCUT2D eigenvalue weighted by molar-refractivity contribution is -0.150. The third kappa shape index (κ3) is 6.78. The van der Waals surface area contributed by atoms with E-state index < -0.39 is 0 Å². The molecule has 1 aromatic heterocycles. The molecule has 1 aromatic rings. The van der Waals surface area contributed by atoms with Gasteiger partial charge in [0.1, 0.15) is 18.1 Å². The highest BCUT2D eigenvalue weighted by Gasteiger charge is 2.23. The maximum absolute atomic E-state index is 12.2. The molecule has 0 aromatic carbocycles. The van der Waals surface area contributed by atoms with E-state index in [0.717, 1.165) is 18.5 Å². The number of carbonyl (C=O) groups is 2. The SMILES string of the molecule is Cc1cc(C(=O)NC[C@H](CC(=O)OC2CCOC2)CC(C)C)ncn1. The number of hydrogen-bond acceptors (Lipinski definition) is 6. The molecule has 138 valence electrons. The average Bonchev–Trinajstić information content (AvgIpc) is 3.04. The zero-order chi connectivity index (χ0) is 18.2. The van der Waals surface area contributed by atoms with Crippen molar-refractivity contribution in [2.24, 2.45) is 11.8 Å². The Morgan fingerprint density at radius 1 is 1.40 bits per heavy atom. The molecule has 0 saturated carbocycles. The van der Waals surface area contributed by atoms with Crippen LogP contribution in [0.25, 0.3) is 0 Å². The van der Waals surface area contributed by atoms with E-state index in [0.29, 0.717) is 31.4 Å². The summed E-state index contributed by atoms with van der Waals surface area (Å²) in [6.07, 6.45) is 3.11. The minimum Gasteiger partial charge on any atom is -0.460 e. The molecule has 1 unspecified atom stereocenters. The average molecular weight is 349 g/mol. The van der Waals surface area contributed by atoms with Crippen LogP contribution in [0, 0.1) is 18.8 Å². The quantitative estimate of drug-likeness (QED) is 0.721. The first-order valence-corrected chi connectivity index (χ1v) is 8.78. The maximum Gasteiger partial charge on any atom is 0.306 e. The molecule has 7 heteroatoms. The molecule has 7 nitrogen and oxygen atoms in total. The van der Waals surface area contributed by atoms with Gasteiger partial charge in [-0.2, -0.15) is 0 Å². The Morgan fingerprint density at radius 2 is 2.20 bits per heavy atom. The number of rotatable bonds is 8. The summed E-state index contributed by atoms with van der Waals surface area (Å²) in [5.41, 5.74) is 1.07. The van der Waals surface area contributed by atoms with Gasteiger partial charge in [0.05, 0.1) is 19.6 Å². The van der Waals surface area contributed by atoms with Crippen LogP contribution in [0.5, 0.6) is 0 Å². The zero-order valence-corrected chi connectivity index (χ0v) is 15.2. The Morgan fingerprint density at radius 3 is 2.84 bits per heavy atom. The van der Waals surface area contributed by atoms with Gasteiger partial charge in [0.25, 0.3) is 5.91 Å². The Kier molecular flexibility index (Phi) is 7.31. The highest BCUT2D eigenvalue weighted by Crippen LogP contribution is 2.17. The van der Waals surface area contributed by atoms with Crippen molar-refractivity contribution in [3.63, 3.8) is 0 Å². The molecule has 1 N–H and O–H groups in total. The topological polar surface area (TPSA) is 90.4 Å². The largest absolute Gasteiger partial charge is 0.460 e. The van der Waals surface area contributed by atoms with Gasteiger partial charge in [-0.3, -0.25) is 9.59 Å². The van der Waals surface area contributed by atoms with Crippen molar-refractivity contribution >= 4 is 11.9 Å². The highest BCUT2D eigenvalue weighted by molar-refractivity contribution is 5.92. The number of nitrogens with one attached hydrogen (secondary N) is 1. The first-order chi connectivity index (χ1) is 11.9. The van der Waals surface area contributed by atoms with Gasteiger partial charge in [0.2, 0.25) is 0 Å². The van der Waals surface area contributed by atoms with Crippen LogP contribution in [0.1, 0.15) is 49.3 Å². The summed E-state index contributed by atoms with van der Waals surface area (Å²) in [5, 5.41) is 2.87. The summed E-state index contributed by atoms with van der Waals surface area (Å²) < 4.78 is 10.7. The number of esters is 1. The van der Waals surface area contributed by atoms with E-state index in [1.807, 2.05) is 6.92 Å². The lowest BCUT2D eigenvalue weighted by atomic mass is 9.94. The number of nitrogens with zero attached hydrogens (tertiary/aromatic N) is 2. The molecule has 1 aliphatic heterocycles. The fourth-order valence-corrected chi connectivity index (χ4v) is 2.89. The Labute approximate surface area is 148 Å². The molecule has 0 radical (unpaired) electrons. The summed E-state index contributed by atoms with van der Waals surface area (Å²) in [6, 6.07) is 1.64. The van der Waals surface area contributed by atoms with Crippen LogP contribution < -0.4 is 5.32 Å². The first kappa shape index (κ1) is 19.3. The maximum atomic E-state index is 12.2. The summed E-state index contributed by atoms with van der Waals surface area (Å²) in [6.45, 7) is 7.53. The smallest absolute Gasteiger partial charge is 0.306 e. The molecule has 0 spiro atoms. The van der Waals surface area contributed by atoms with Gasteiger partial charge >= 0.3 is 5.97 Å². The molecule has 2 atom stereocenters. The molecule has 1 fully saturated rings. The second kappa shape index (κ2) is 9.46. The summed E-state index contributed by atoms with van der Waals surface area (Å²) in [5.74, 6) is -0.0300. The van der Waals surface area contributed by atoms with Crippen molar-refractivity contribution < 1.29 is 19.1 Å². The Hall–Kier alpha value is -2.02. The molecule has 0 bridgehead atoms. The monoisotopic (exact) mass is 349 g/mol. The Bertz CT molecular complexity index is 585. The van der Waals surface area contributed by atoms with Crippen molar-refractivity contribution in [1.82, 2.24) is 15.3 Å². The zero-order valence-electron chi connectivity index (χ0n) is 15.2. The van der Waals surface area contributed by atoms with E-state index in [2.05, 4.69) is 29.1 Å². The van der Waals surface area contributed by atoms with Gasteiger partial charge < -0.3 is 14.8 Å². The van der Waals surface area contributed by atoms with Gasteiger partial charge in [0.15, 0.2) is 0 Å². The summed E-state index contributed by atoms with van der Waals surface area (Å²) >= 11 is 0. The lowest BCUT2D eigenvalue weighted by Gasteiger charge is -2.20. The summed E-state index contributed by atoms with van der Waals surface area (Å²) in [4.78, 5) is 32.3. The minimum atomic E-state index is -0.253. The minimum absolute atomic E-state index is 0.0294. The molecule has 1 amide bonds. The third-order valence-corrected chi connectivity index (χ3v) is 4.03.